The average molecular weight is 314 g/mol. The second kappa shape index (κ2) is 6.07. The van der Waals surface area contributed by atoms with Gasteiger partial charge in [0.25, 0.3) is 0 Å². The summed E-state index contributed by atoms with van der Waals surface area (Å²) in [7, 11) is 0. The van der Waals surface area contributed by atoms with Crippen LogP contribution in [0.25, 0.3) is 11.0 Å². The minimum Gasteiger partial charge on any atom is -0.355 e. The largest absolute Gasteiger partial charge is 0.355 e. The Morgan fingerprint density at radius 3 is 2.57 bits per heavy atom. The second-order valence-corrected chi connectivity index (χ2v) is 7.36. The van der Waals surface area contributed by atoms with Crippen molar-refractivity contribution in [3.63, 3.8) is 0 Å². The van der Waals surface area contributed by atoms with Crippen LogP contribution in [0.5, 0.6) is 0 Å². The van der Waals surface area contributed by atoms with Crippen molar-refractivity contribution in [2.75, 3.05) is 31.1 Å². The Morgan fingerprint density at radius 2 is 1.83 bits per heavy atom. The lowest BCUT2D eigenvalue weighted by Gasteiger charge is -2.35. The van der Waals surface area contributed by atoms with Gasteiger partial charge in [0.05, 0.1) is 17.6 Å². The van der Waals surface area contributed by atoms with E-state index in [0.717, 1.165) is 55.9 Å². The molecule has 2 aromatic heterocycles. The van der Waals surface area contributed by atoms with Crippen molar-refractivity contribution in [3.05, 3.63) is 12.5 Å². The molecule has 0 aromatic carbocycles. The van der Waals surface area contributed by atoms with E-state index in [4.69, 9.17) is 0 Å². The van der Waals surface area contributed by atoms with Gasteiger partial charge in [-0.25, -0.2) is 14.6 Å². The molecule has 6 nitrogen and oxygen atoms in total. The van der Waals surface area contributed by atoms with Gasteiger partial charge in [0.1, 0.15) is 12.1 Å². The lowest BCUT2D eigenvalue weighted by atomic mass is 9.92. The molecule has 2 atom stereocenters. The van der Waals surface area contributed by atoms with Crippen molar-refractivity contribution in [1.82, 2.24) is 25.1 Å². The van der Waals surface area contributed by atoms with Crippen LogP contribution in [0, 0.1) is 11.8 Å². The Morgan fingerprint density at radius 1 is 1.09 bits per heavy atom. The average Bonchev–Trinajstić information content (AvgIpc) is 2.98. The molecule has 0 spiro atoms. The van der Waals surface area contributed by atoms with Crippen molar-refractivity contribution in [3.8, 4) is 0 Å². The number of anilines is 1. The summed E-state index contributed by atoms with van der Waals surface area (Å²) in [5, 5.41) is 9.19. The predicted molar refractivity (Wildman–Crippen MR) is 91.6 cm³/mol. The first kappa shape index (κ1) is 14.9. The molecule has 124 valence electrons. The van der Waals surface area contributed by atoms with Crippen LogP contribution in [0.3, 0.4) is 0 Å². The van der Waals surface area contributed by atoms with Gasteiger partial charge in [0.2, 0.25) is 0 Å². The molecule has 2 fully saturated rings. The lowest BCUT2D eigenvalue weighted by Crippen LogP contribution is -2.39. The number of nitrogens with zero attached hydrogens (tertiary/aromatic N) is 5. The van der Waals surface area contributed by atoms with Gasteiger partial charge in [0.15, 0.2) is 5.65 Å². The Balaban J connectivity index is 1.70. The van der Waals surface area contributed by atoms with E-state index in [-0.39, 0.29) is 0 Å². The van der Waals surface area contributed by atoms with Crippen LogP contribution in [-0.2, 0) is 0 Å². The minimum absolute atomic E-state index is 0.454. The Kier molecular flexibility index (Phi) is 3.93. The first-order valence-electron chi connectivity index (χ1n) is 8.86. The first-order chi connectivity index (χ1) is 11.2. The quantitative estimate of drug-likeness (QED) is 0.921. The van der Waals surface area contributed by atoms with E-state index in [1.165, 1.54) is 6.42 Å². The molecule has 2 saturated heterocycles. The zero-order valence-corrected chi connectivity index (χ0v) is 14.1. The van der Waals surface area contributed by atoms with Crippen LogP contribution in [0.2, 0.25) is 0 Å². The van der Waals surface area contributed by atoms with Gasteiger partial charge in [-0.15, -0.1) is 0 Å². The highest BCUT2D eigenvalue weighted by molar-refractivity contribution is 5.86. The molecule has 0 bridgehead atoms. The molecule has 1 N–H and O–H groups in total. The molecular formula is C17H26N6. The summed E-state index contributed by atoms with van der Waals surface area (Å²) < 4.78 is 2.12. The van der Waals surface area contributed by atoms with Crippen molar-refractivity contribution in [2.24, 2.45) is 11.8 Å². The van der Waals surface area contributed by atoms with E-state index in [9.17, 15) is 0 Å². The molecule has 2 aromatic rings. The summed E-state index contributed by atoms with van der Waals surface area (Å²) in [5.41, 5.74) is 0.993. The van der Waals surface area contributed by atoms with Crippen molar-refractivity contribution in [2.45, 2.75) is 39.2 Å². The fraction of sp³-hybridized carbons (Fsp3) is 0.706. The topological polar surface area (TPSA) is 58.9 Å². The van der Waals surface area contributed by atoms with Crippen LogP contribution in [0.15, 0.2) is 12.5 Å². The number of nitrogens with one attached hydrogen (secondary N) is 1. The third-order valence-electron chi connectivity index (χ3n) is 5.19. The SMILES string of the molecule is C[C@H]1C[C@H](C)CN(c2ncnc3c2cnn3C2CCNCC2)C1. The normalized spacial score (nSPS) is 26.8. The van der Waals surface area contributed by atoms with Crippen LogP contribution >= 0.6 is 0 Å². The summed E-state index contributed by atoms with van der Waals surface area (Å²) in [6.45, 7) is 8.94. The molecule has 4 heterocycles. The Bertz CT molecular complexity index is 665. The molecular weight excluding hydrogens is 288 g/mol. The van der Waals surface area contributed by atoms with Crippen LogP contribution < -0.4 is 10.2 Å². The van der Waals surface area contributed by atoms with Gasteiger partial charge in [-0.05, 0) is 44.2 Å². The van der Waals surface area contributed by atoms with E-state index in [2.05, 4.69) is 43.8 Å². The monoisotopic (exact) mass is 314 g/mol. The molecule has 0 aliphatic carbocycles. The number of rotatable bonds is 2. The maximum absolute atomic E-state index is 4.67. The fourth-order valence-electron chi connectivity index (χ4n) is 4.26. The third-order valence-corrected chi connectivity index (χ3v) is 5.19. The highest BCUT2D eigenvalue weighted by Crippen LogP contribution is 2.31. The number of fused-ring (bicyclic) bond motifs is 1. The number of aromatic nitrogens is 4. The molecule has 2 aliphatic rings. The summed E-state index contributed by atoms with van der Waals surface area (Å²) >= 11 is 0. The van der Waals surface area contributed by atoms with E-state index >= 15 is 0 Å². The van der Waals surface area contributed by atoms with Crippen LogP contribution in [0.1, 0.15) is 39.2 Å². The second-order valence-electron chi connectivity index (χ2n) is 7.36. The zero-order chi connectivity index (χ0) is 15.8. The molecule has 0 unspecified atom stereocenters. The smallest absolute Gasteiger partial charge is 0.163 e. The van der Waals surface area contributed by atoms with Gasteiger partial charge in [-0.1, -0.05) is 13.8 Å². The lowest BCUT2D eigenvalue weighted by molar-refractivity contribution is 0.349. The zero-order valence-electron chi connectivity index (χ0n) is 14.1. The fourth-order valence-corrected chi connectivity index (χ4v) is 4.26. The molecule has 0 radical (unpaired) electrons. The Hall–Kier alpha value is -1.69. The van der Waals surface area contributed by atoms with Crippen molar-refractivity contribution in [1.29, 1.82) is 0 Å². The number of piperidine rings is 2. The molecule has 4 rings (SSSR count). The molecule has 0 saturated carbocycles. The van der Waals surface area contributed by atoms with Gasteiger partial charge < -0.3 is 10.2 Å². The van der Waals surface area contributed by atoms with E-state index in [0.29, 0.717) is 17.9 Å². The molecule has 2 aliphatic heterocycles. The summed E-state index contributed by atoms with van der Waals surface area (Å²) in [6.07, 6.45) is 7.22. The van der Waals surface area contributed by atoms with Gasteiger partial charge in [-0.3, -0.25) is 0 Å². The maximum atomic E-state index is 4.67. The van der Waals surface area contributed by atoms with Crippen molar-refractivity contribution < 1.29 is 0 Å². The number of hydrogen-bond acceptors (Lipinski definition) is 5. The molecule has 23 heavy (non-hydrogen) atoms. The van der Waals surface area contributed by atoms with Gasteiger partial charge in [0, 0.05) is 13.1 Å². The predicted octanol–water partition coefficient (Wildman–Crippen LogP) is 2.23. The summed E-state index contributed by atoms with van der Waals surface area (Å²) in [5.74, 6) is 2.49. The van der Waals surface area contributed by atoms with Gasteiger partial charge >= 0.3 is 0 Å². The van der Waals surface area contributed by atoms with E-state index in [1.54, 1.807) is 6.33 Å². The minimum atomic E-state index is 0.454. The molecule has 0 amide bonds. The summed E-state index contributed by atoms with van der Waals surface area (Å²) in [4.78, 5) is 11.6. The third kappa shape index (κ3) is 2.80. The van der Waals surface area contributed by atoms with E-state index < -0.39 is 0 Å². The first-order valence-corrected chi connectivity index (χ1v) is 8.86. The summed E-state index contributed by atoms with van der Waals surface area (Å²) in [6, 6.07) is 0.454. The van der Waals surface area contributed by atoms with Crippen LogP contribution in [0.4, 0.5) is 5.82 Å². The molecule has 6 heteroatoms. The maximum Gasteiger partial charge on any atom is 0.163 e. The number of hydrogen-bond donors (Lipinski definition) is 1. The van der Waals surface area contributed by atoms with Gasteiger partial charge in [-0.2, -0.15) is 5.10 Å². The Labute approximate surface area is 137 Å². The highest BCUT2D eigenvalue weighted by Gasteiger charge is 2.26. The standard InChI is InChI=1S/C17H26N6/c1-12-7-13(2)10-22(9-12)16-15-8-21-23(17(15)20-11-19-16)14-3-5-18-6-4-14/h8,11-14,18H,3-7,9-10H2,1-2H3/t12-,13-/m0/s1. The highest BCUT2D eigenvalue weighted by atomic mass is 15.3. The van der Waals surface area contributed by atoms with Crippen molar-refractivity contribution >= 4 is 16.9 Å². The van der Waals surface area contributed by atoms with Crippen LogP contribution in [-0.4, -0.2) is 45.9 Å². The van der Waals surface area contributed by atoms with E-state index in [1.807, 2.05) is 6.20 Å².